The largest absolute Gasteiger partial charge is 0.467 e. The molecule has 6 nitrogen and oxygen atoms in total. The number of benzene rings is 1. The molecule has 1 fully saturated rings. The number of hydrogen-bond donors (Lipinski definition) is 0. The van der Waals surface area contributed by atoms with Gasteiger partial charge in [-0.2, -0.15) is 0 Å². The van der Waals surface area contributed by atoms with E-state index in [1.807, 2.05) is 0 Å². The number of esters is 1. The molecule has 0 saturated carbocycles. The van der Waals surface area contributed by atoms with Crippen LogP contribution in [-0.2, 0) is 14.2 Å². The predicted octanol–water partition coefficient (Wildman–Crippen LogP) is 2.36. The molecule has 0 aliphatic carbocycles. The molecule has 21 heavy (non-hydrogen) atoms. The van der Waals surface area contributed by atoms with Crippen molar-refractivity contribution in [3.63, 3.8) is 0 Å². The molecule has 1 aliphatic rings. The lowest BCUT2D eigenvalue weighted by Crippen LogP contribution is -2.25. The first kappa shape index (κ1) is 15.6. The minimum atomic E-state index is -0.490. The molecule has 1 aliphatic heterocycles. The zero-order valence-corrected chi connectivity index (χ0v) is 12.3. The predicted molar refractivity (Wildman–Crippen MR) is 74.5 cm³/mol. The molecule has 2 rings (SSSR count). The Labute approximate surface area is 123 Å². The van der Waals surface area contributed by atoms with Gasteiger partial charge in [0, 0.05) is 13.5 Å². The second-order valence-electron chi connectivity index (χ2n) is 4.61. The maximum atomic E-state index is 11.8. The summed E-state index contributed by atoms with van der Waals surface area (Å²) in [7, 11) is 2.83. The Kier molecular flexibility index (Phi) is 5.83. The van der Waals surface area contributed by atoms with Gasteiger partial charge in [-0.05, 0) is 31.0 Å². The van der Waals surface area contributed by atoms with Crippen LogP contribution in [0.15, 0.2) is 18.2 Å². The summed E-state index contributed by atoms with van der Waals surface area (Å²) in [6.45, 7) is 0.749. The molecule has 116 valence electrons. The van der Waals surface area contributed by atoms with Crippen LogP contribution in [0.4, 0.5) is 0 Å². The molecule has 0 spiro atoms. The van der Waals surface area contributed by atoms with Gasteiger partial charge in [-0.1, -0.05) is 0 Å². The Morgan fingerprint density at radius 2 is 2.19 bits per heavy atom. The summed E-state index contributed by atoms with van der Waals surface area (Å²) in [5, 5.41) is 0. The fourth-order valence-electron chi connectivity index (χ4n) is 2.06. The SMILES string of the molecule is COCOc1ccc(OC2CCCCO2)cc1C(=O)OC. The monoisotopic (exact) mass is 296 g/mol. The molecule has 1 atom stereocenters. The molecule has 6 heteroatoms. The number of carbonyl (C=O) groups excluding carboxylic acids is 1. The van der Waals surface area contributed by atoms with E-state index in [-0.39, 0.29) is 13.1 Å². The number of rotatable bonds is 6. The lowest BCUT2D eigenvalue weighted by molar-refractivity contribution is -0.105. The van der Waals surface area contributed by atoms with Crippen molar-refractivity contribution in [2.45, 2.75) is 25.6 Å². The van der Waals surface area contributed by atoms with Crippen molar-refractivity contribution >= 4 is 5.97 Å². The summed E-state index contributed by atoms with van der Waals surface area (Å²) in [5.41, 5.74) is 0.294. The van der Waals surface area contributed by atoms with Crippen molar-refractivity contribution in [2.24, 2.45) is 0 Å². The number of carbonyl (C=O) groups is 1. The van der Waals surface area contributed by atoms with Gasteiger partial charge in [0.2, 0.25) is 0 Å². The number of ether oxygens (including phenoxy) is 5. The molecular weight excluding hydrogens is 276 g/mol. The first-order chi connectivity index (χ1) is 10.2. The van der Waals surface area contributed by atoms with Gasteiger partial charge in [0.05, 0.1) is 13.7 Å². The van der Waals surface area contributed by atoms with E-state index in [4.69, 9.17) is 23.7 Å². The van der Waals surface area contributed by atoms with Crippen LogP contribution in [0.3, 0.4) is 0 Å². The van der Waals surface area contributed by atoms with E-state index in [1.54, 1.807) is 18.2 Å². The van der Waals surface area contributed by atoms with Crippen LogP contribution in [0.2, 0.25) is 0 Å². The summed E-state index contributed by atoms with van der Waals surface area (Å²) < 4.78 is 26.2. The van der Waals surface area contributed by atoms with E-state index >= 15 is 0 Å². The molecule has 0 N–H and O–H groups in total. The van der Waals surface area contributed by atoms with Gasteiger partial charge in [0.25, 0.3) is 0 Å². The van der Waals surface area contributed by atoms with Crippen LogP contribution in [-0.4, -0.2) is 39.9 Å². The zero-order chi connectivity index (χ0) is 15.1. The van der Waals surface area contributed by atoms with Crippen molar-refractivity contribution < 1.29 is 28.5 Å². The van der Waals surface area contributed by atoms with E-state index in [0.29, 0.717) is 23.7 Å². The zero-order valence-electron chi connectivity index (χ0n) is 12.3. The minimum Gasteiger partial charge on any atom is -0.467 e. The minimum absolute atomic E-state index is 0.0515. The van der Waals surface area contributed by atoms with E-state index in [9.17, 15) is 4.79 Å². The number of hydrogen-bond acceptors (Lipinski definition) is 6. The summed E-state index contributed by atoms with van der Waals surface area (Å²) >= 11 is 0. The second kappa shape index (κ2) is 7.85. The van der Waals surface area contributed by atoms with Crippen molar-refractivity contribution in [1.82, 2.24) is 0 Å². The third-order valence-corrected chi connectivity index (χ3v) is 3.09. The lowest BCUT2D eigenvalue weighted by Gasteiger charge is -2.23. The van der Waals surface area contributed by atoms with Gasteiger partial charge in [-0.3, -0.25) is 0 Å². The molecule has 1 aromatic rings. The van der Waals surface area contributed by atoms with E-state index in [2.05, 4.69) is 0 Å². The molecule has 1 aromatic carbocycles. The van der Waals surface area contributed by atoms with Crippen molar-refractivity contribution in [2.75, 3.05) is 27.6 Å². The van der Waals surface area contributed by atoms with Crippen LogP contribution in [0.25, 0.3) is 0 Å². The van der Waals surface area contributed by atoms with Gasteiger partial charge >= 0.3 is 5.97 Å². The Bertz CT molecular complexity index is 467. The van der Waals surface area contributed by atoms with Gasteiger partial charge < -0.3 is 23.7 Å². The van der Waals surface area contributed by atoms with Crippen LogP contribution < -0.4 is 9.47 Å². The molecule has 1 saturated heterocycles. The topological polar surface area (TPSA) is 63.2 Å². The molecule has 0 aromatic heterocycles. The fraction of sp³-hybridized carbons (Fsp3) is 0.533. The van der Waals surface area contributed by atoms with E-state index in [1.165, 1.54) is 14.2 Å². The average Bonchev–Trinajstić information content (AvgIpc) is 2.53. The Morgan fingerprint density at radius 1 is 1.33 bits per heavy atom. The molecule has 0 bridgehead atoms. The lowest BCUT2D eigenvalue weighted by atomic mass is 10.2. The highest BCUT2D eigenvalue weighted by molar-refractivity contribution is 5.92. The van der Waals surface area contributed by atoms with Gasteiger partial charge in [-0.25, -0.2) is 4.79 Å². The fourth-order valence-corrected chi connectivity index (χ4v) is 2.06. The standard InChI is InChI=1S/C15H20O6/c1-17-10-20-13-7-6-11(9-12(13)15(16)18-2)21-14-5-3-4-8-19-14/h6-7,9,14H,3-5,8,10H2,1-2H3. The van der Waals surface area contributed by atoms with Gasteiger partial charge in [0.15, 0.2) is 13.1 Å². The first-order valence-electron chi connectivity index (χ1n) is 6.87. The highest BCUT2D eigenvalue weighted by Crippen LogP contribution is 2.27. The van der Waals surface area contributed by atoms with Crippen LogP contribution >= 0.6 is 0 Å². The Morgan fingerprint density at radius 3 is 2.86 bits per heavy atom. The molecule has 1 heterocycles. The molecule has 0 amide bonds. The molecular formula is C15H20O6. The average molecular weight is 296 g/mol. The first-order valence-corrected chi connectivity index (χ1v) is 6.87. The van der Waals surface area contributed by atoms with Gasteiger partial charge in [-0.15, -0.1) is 0 Å². The quantitative estimate of drug-likeness (QED) is 0.593. The van der Waals surface area contributed by atoms with Crippen LogP contribution in [0, 0.1) is 0 Å². The summed E-state index contributed by atoms with van der Waals surface area (Å²) in [4.78, 5) is 11.8. The third kappa shape index (κ3) is 4.34. The van der Waals surface area contributed by atoms with Crippen molar-refractivity contribution in [1.29, 1.82) is 0 Å². The van der Waals surface area contributed by atoms with Gasteiger partial charge in [0.1, 0.15) is 17.1 Å². The number of methoxy groups -OCH3 is 2. The van der Waals surface area contributed by atoms with E-state index in [0.717, 1.165) is 19.3 Å². The molecule has 1 unspecified atom stereocenters. The maximum absolute atomic E-state index is 11.8. The van der Waals surface area contributed by atoms with Crippen molar-refractivity contribution in [3.05, 3.63) is 23.8 Å². The van der Waals surface area contributed by atoms with Crippen molar-refractivity contribution in [3.8, 4) is 11.5 Å². The summed E-state index contributed by atoms with van der Waals surface area (Å²) in [5.74, 6) is 0.448. The third-order valence-electron chi connectivity index (χ3n) is 3.09. The smallest absolute Gasteiger partial charge is 0.341 e. The van der Waals surface area contributed by atoms with E-state index < -0.39 is 5.97 Å². The summed E-state index contributed by atoms with van der Waals surface area (Å²) in [6, 6.07) is 4.98. The van der Waals surface area contributed by atoms with Crippen LogP contribution in [0.1, 0.15) is 29.6 Å². The molecule has 0 radical (unpaired) electrons. The maximum Gasteiger partial charge on any atom is 0.341 e. The second-order valence-corrected chi connectivity index (χ2v) is 4.61. The Hall–Kier alpha value is -1.79. The highest BCUT2D eigenvalue weighted by atomic mass is 16.7. The Balaban J connectivity index is 2.13. The highest BCUT2D eigenvalue weighted by Gasteiger charge is 2.18. The summed E-state index contributed by atoms with van der Waals surface area (Å²) in [6.07, 6.45) is 2.70. The normalized spacial score (nSPS) is 18.1. The van der Waals surface area contributed by atoms with Crippen LogP contribution in [0.5, 0.6) is 11.5 Å².